The number of aromatic hydroxyl groups is 1. The Morgan fingerprint density at radius 1 is 1.27 bits per heavy atom. The quantitative estimate of drug-likeness (QED) is 0.386. The maximum atomic E-state index is 12.7. The van der Waals surface area contributed by atoms with Crippen LogP contribution in [0.1, 0.15) is 11.6 Å². The number of benzene rings is 1. The molecular weight excluding hydrogens is 216 g/mol. The molecule has 0 aliphatic heterocycles. The van der Waals surface area contributed by atoms with Gasteiger partial charge in [0.25, 0.3) is 0 Å². The summed E-state index contributed by atoms with van der Waals surface area (Å²) in [5, 5.41) is 9.07. The first-order chi connectivity index (χ1) is 6.73. The number of anilines is 1. The van der Waals surface area contributed by atoms with Gasteiger partial charge in [-0.1, -0.05) is 0 Å². The molecule has 0 aliphatic rings. The summed E-state index contributed by atoms with van der Waals surface area (Å²) in [6.07, 6.45) is -4.72. The molecule has 5 N–H and O–H groups in total. The second kappa shape index (κ2) is 3.58. The topological polar surface area (TPSA) is 72.3 Å². The maximum Gasteiger partial charge on any atom is 0.407 e. The highest BCUT2D eigenvalue weighted by Crippen LogP contribution is 2.36. The molecule has 1 aromatic carbocycles. The van der Waals surface area contributed by atoms with Crippen molar-refractivity contribution in [2.45, 2.75) is 12.2 Å². The van der Waals surface area contributed by atoms with Crippen LogP contribution in [-0.4, -0.2) is 11.3 Å². The van der Waals surface area contributed by atoms with E-state index in [2.05, 4.69) is 0 Å². The van der Waals surface area contributed by atoms with Gasteiger partial charge in [0.1, 0.15) is 17.6 Å². The van der Waals surface area contributed by atoms with Crippen molar-refractivity contribution in [1.82, 2.24) is 0 Å². The number of halogens is 4. The minimum Gasteiger partial charge on any atom is -0.507 e. The van der Waals surface area contributed by atoms with Gasteiger partial charge in [-0.05, 0) is 6.07 Å². The molecule has 1 aromatic rings. The molecule has 1 atom stereocenters. The number of nitrogen functional groups attached to an aromatic ring is 1. The van der Waals surface area contributed by atoms with Gasteiger partial charge in [0.15, 0.2) is 0 Å². The summed E-state index contributed by atoms with van der Waals surface area (Å²) in [6, 6.07) is -1.22. The lowest BCUT2D eigenvalue weighted by molar-refractivity contribution is -0.149. The summed E-state index contributed by atoms with van der Waals surface area (Å²) in [6.45, 7) is 0. The number of nitrogens with two attached hydrogens (primary N) is 2. The number of hydrogen-bond donors (Lipinski definition) is 3. The highest BCUT2D eigenvalue weighted by molar-refractivity contribution is 5.50. The molecule has 84 valence electrons. The zero-order valence-electron chi connectivity index (χ0n) is 7.35. The Kier molecular flexibility index (Phi) is 2.76. The molecule has 0 aliphatic carbocycles. The number of phenolic OH excluding ortho intramolecular Hbond substituents is 1. The van der Waals surface area contributed by atoms with Crippen LogP contribution in [0.5, 0.6) is 5.75 Å². The smallest absolute Gasteiger partial charge is 0.407 e. The predicted molar refractivity (Wildman–Crippen MR) is 45.5 cm³/mol. The van der Waals surface area contributed by atoms with Crippen LogP contribution in [0.25, 0.3) is 0 Å². The molecule has 0 aromatic heterocycles. The Bertz CT molecular complexity index is 378. The first-order valence-corrected chi connectivity index (χ1v) is 3.83. The van der Waals surface area contributed by atoms with Crippen LogP contribution >= 0.6 is 0 Å². The minimum atomic E-state index is -4.72. The van der Waals surface area contributed by atoms with Gasteiger partial charge < -0.3 is 16.6 Å². The Morgan fingerprint density at radius 3 is 2.27 bits per heavy atom. The molecule has 0 amide bonds. The van der Waals surface area contributed by atoms with E-state index in [0.717, 1.165) is 0 Å². The van der Waals surface area contributed by atoms with Gasteiger partial charge in [-0.3, -0.25) is 0 Å². The Labute approximate surface area is 82.3 Å². The average Bonchev–Trinajstić information content (AvgIpc) is 2.08. The van der Waals surface area contributed by atoms with Crippen molar-refractivity contribution in [2.75, 3.05) is 5.73 Å². The Morgan fingerprint density at radius 2 is 1.80 bits per heavy atom. The van der Waals surface area contributed by atoms with Crippen LogP contribution in [0, 0.1) is 5.82 Å². The van der Waals surface area contributed by atoms with Crippen LogP contribution in [0.3, 0.4) is 0 Å². The molecular formula is C8H8F4N2O. The summed E-state index contributed by atoms with van der Waals surface area (Å²) in [7, 11) is 0. The zero-order valence-corrected chi connectivity index (χ0v) is 7.35. The summed E-state index contributed by atoms with van der Waals surface area (Å²) >= 11 is 0. The molecule has 0 fully saturated rings. The third-order valence-electron chi connectivity index (χ3n) is 1.83. The lowest BCUT2D eigenvalue weighted by Crippen LogP contribution is -2.28. The van der Waals surface area contributed by atoms with Crippen LogP contribution in [0.2, 0.25) is 0 Å². The van der Waals surface area contributed by atoms with Gasteiger partial charge in [-0.15, -0.1) is 0 Å². The number of hydrogen-bond acceptors (Lipinski definition) is 3. The first kappa shape index (κ1) is 11.6. The normalized spacial score (nSPS) is 13.9. The van der Waals surface area contributed by atoms with Crippen molar-refractivity contribution < 1.29 is 22.7 Å². The van der Waals surface area contributed by atoms with E-state index in [1.54, 1.807) is 0 Å². The molecule has 3 nitrogen and oxygen atoms in total. The van der Waals surface area contributed by atoms with E-state index in [9.17, 15) is 17.6 Å². The van der Waals surface area contributed by atoms with Gasteiger partial charge in [-0.2, -0.15) is 13.2 Å². The minimum absolute atomic E-state index is 0.496. The van der Waals surface area contributed by atoms with Crippen molar-refractivity contribution in [2.24, 2.45) is 5.73 Å². The molecule has 0 saturated carbocycles. The Hall–Kier alpha value is -1.50. The molecule has 0 heterocycles. The van der Waals surface area contributed by atoms with Gasteiger partial charge in [0, 0.05) is 11.6 Å². The van der Waals surface area contributed by atoms with Crippen LogP contribution in [0.4, 0.5) is 23.2 Å². The summed E-state index contributed by atoms with van der Waals surface area (Å²) < 4.78 is 49.2. The van der Waals surface area contributed by atoms with E-state index in [-0.39, 0.29) is 0 Å². The molecule has 0 radical (unpaired) electrons. The summed E-state index contributed by atoms with van der Waals surface area (Å²) in [4.78, 5) is 0. The van der Waals surface area contributed by atoms with Gasteiger partial charge >= 0.3 is 6.18 Å². The average molecular weight is 224 g/mol. The van der Waals surface area contributed by atoms with Crippen LogP contribution < -0.4 is 11.5 Å². The highest BCUT2D eigenvalue weighted by Gasteiger charge is 2.39. The van der Waals surface area contributed by atoms with Gasteiger partial charge in [0.05, 0.1) is 5.69 Å². The first-order valence-electron chi connectivity index (χ1n) is 3.83. The van der Waals surface area contributed by atoms with Crippen molar-refractivity contribution in [3.63, 3.8) is 0 Å². The van der Waals surface area contributed by atoms with E-state index in [1.165, 1.54) is 0 Å². The van der Waals surface area contributed by atoms with Crippen molar-refractivity contribution >= 4 is 5.69 Å². The zero-order chi connectivity index (χ0) is 11.8. The lowest BCUT2D eigenvalue weighted by atomic mass is 10.1. The molecule has 0 bridgehead atoms. The van der Waals surface area contributed by atoms with Crippen molar-refractivity contribution in [3.8, 4) is 5.75 Å². The SMILES string of the molecule is Nc1cc([C@H](N)C(F)(F)F)c(O)cc1F. The van der Waals surface area contributed by atoms with Gasteiger partial charge in [0.2, 0.25) is 0 Å². The molecule has 0 saturated heterocycles. The van der Waals surface area contributed by atoms with Crippen molar-refractivity contribution in [3.05, 3.63) is 23.5 Å². The lowest BCUT2D eigenvalue weighted by Gasteiger charge is -2.17. The predicted octanol–water partition coefficient (Wildman–Crippen LogP) is 1.68. The number of phenols is 1. The summed E-state index contributed by atoms with van der Waals surface area (Å²) in [5.74, 6) is -1.86. The van der Waals surface area contributed by atoms with E-state index in [4.69, 9.17) is 16.6 Å². The third-order valence-corrected chi connectivity index (χ3v) is 1.83. The monoisotopic (exact) mass is 224 g/mol. The third kappa shape index (κ3) is 2.30. The molecule has 1 rings (SSSR count). The Balaban J connectivity index is 3.21. The van der Waals surface area contributed by atoms with Crippen LogP contribution in [0.15, 0.2) is 12.1 Å². The highest BCUT2D eigenvalue weighted by atomic mass is 19.4. The van der Waals surface area contributed by atoms with E-state index >= 15 is 0 Å². The standard InChI is InChI=1S/C8H8F4N2O/c9-4-2-6(15)3(1-5(4)13)7(14)8(10,11)12/h1-2,7,15H,13-14H2/t7-/m0/s1. The van der Waals surface area contributed by atoms with E-state index in [0.29, 0.717) is 12.1 Å². The maximum absolute atomic E-state index is 12.7. The fraction of sp³-hybridized carbons (Fsp3) is 0.250. The number of alkyl halides is 3. The molecule has 0 unspecified atom stereocenters. The number of rotatable bonds is 1. The fourth-order valence-corrected chi connectivity index (χ4v) is 1.02. The van der Waals surface area contributed by atoms with E-state index in [1.807, 2.05) is 0 Å². The van der Waals surface area contributed by atoms with E-state index < -0.39 is 35.0 Å². The van der Waals surface area contributed by atoms with Gasteiger partial charge in [-0.25, -0.2) is 4.39 Å². The second-order valence-electron chi connectivity index (χ2n) is 2.95. The van der Waals surface area contributed by atoms with Crippen LogP contribution in [-0.2, 0) is 0 Å². The molecule has 15 heavy (non-hydrogen) atoms. The summed E-state index contributed by atoms with van der Waals surface area (Å²) in [5.41, 5.74) is 8.74. The van der Waals surface area contributed by atoms with Crippen molar-refractivity contribution in [1.29, 1.82) is 0 Å². The molecule has 0 spiro atoms. The molecule has 7 heteroatoms. The largest absolute Gasteiger partial charge is 0.507 e. The fourth-order valence-electron chi connectivity index (χ4n) is 1.02. The second-order valence-corrected chi connectivity index (χ2v) is 2.95.